The van der Waals surface area contributed by atoms with E-state index in [1.54, 1.807) is 50.4 Å². The zero-order valence-electron chi connectivity index (χ0n) is 60.6. The van der Waals surface area contributed by atoms with Gasteiger partial charge in [-0.1, -0.05) is 81.5 Å². The Morgan fingerprint density at radius 2 is 1.54 bits per heavy atom. The molecule has 4 bridgehead atoms. The van der Waals surface area contributed by atoms with Crippen molar-refractivity contribution in [2.75, 3.05) is 42.1 Å². The first-order valence-electron chi connectivity index (χ1n) is 36.2. The minimum absolute atomic E-state index is 0.0330. The molecule has 6 aromatic rings. The molecule has 8 N–H and O–H groups in total. The number of thiazole rings is 1. The van der Waals surface area contributed by atoms with Crippen molar-refractivity contribution in [1.82, 2.24) is 34.9 Å². The van der Waals surface area contributed by atoms with Gasteiger partial charge in [-0.15, -0.1) is 0 Å². The maximum atomic E-state index is 14.4. The number of carboxylic acids is 2. The molecule has 3 aliphatic heterocycles. The van der Waals surface area contributed by atoms with E-state index in [-0.39, 0.29) is 71.4 Å². The van der Waals surface area contributed by atoms with Gasteiger partial charge in [-0.05, 0) is 170 Å². The second-order valence-electron chi connectivity index (χ2n) is 31.5. The number of carbonyl (C=O) groups is 9. The zero-order chi connectivity index (χ0) is 76.8. The van der Waals surface area contributed by atoms with Crippen molar-refractivity contribution in [2.45, 2.75) is 181 Å². The summed E-state index contributed by atoms with van der Waals surface area (Å²) in [7, 11) is -4.58. The van der Waals surface area contributed by atoms with Crippen molar-refractivity contribution in [3.63, 3.8) is 0 Å². The maximum absolute atomic E-state index is 14.4. The SMILES string of the molecule is Cc1c(-c2ccc(N3CCc4cccc(C(=O)Nc5nc6ccccc6s5)c4C3)nc2C(=O)O)cnn1CC12CC3(C)CC(C)(CC(CCCN(CCS(=O)(=O)O)C(=O)OCc4ccc(CC(=O)[C@H](C)NC(=O)[C@@H](CC(=O)CN5C(=O)C=CC5=O)C(C)C)cc4CC[C@@H]4O[C@H](C(=O)O)[C@@H](O)[C@H](O)[C@H]4O)(C3)C1)C2. The zero-order valence-corrected chi connectivity index (χ0v) is 62.2. The molecule has 0 radical (unpaired) electrons. The summed E-state index contributed by atoms with van der Waals surface area (Å²) in [5, 5.41) is 63.8. The fraction of sp³-hybridized carbons (Fsp3) is 0.506. The van der Waals surface area contributed by atoms with Crippen molar-refractivity contribution < 1.29 is 91.1 Å². The first kappa shape index (κ1) is 77.4. The molecule has 3 aromatic heterocycles. The number of Topliss-reactive ketones (excluding diaryl/α,β-unsaturated/α-hetero) is 2. The van der Waals surface area contributed by atoms with Crippen LogP contribution in [0.2, 0.25) is 0 Å². The number of aromatic carboxylic acids is 1. The molecule has 28 nitrogen and oxygen atoms in total. The summed E-state index contributed by atoms with van der Waals surface area (Å²) in [4.78, 5) is 132. The van der Waals surface area contributed by atoms with Crippen LogP contribution in [0, 0.1) is 40.4 Å². The average Bonchev–Trinajstić information content (AvgIpc) is 0.797. The molecule has 5 amide bonds. The number of aryl methyl sites for hydroxylation is 1. The van der Waals surface area contributed by atoms with E-state index in [0.29, 0.717) is 83.2 Å². The lowest BCUT2D eigenvalue weighted by molar-refractivity contribution is -0.228. The van der Waals surface area contributed by atoms with E-state index in [1.165, 1.54) is 23.2 Å². The highest BCUT2D eigenvalue weighted by atomic mass is 32.2. The Morgan fingerprint density at radius 1 is 0.822 bits per heavy atom. The smallest absolute Gasteiger partial charge is 0.410 e. The Labute approximate surface area is 622 Å². The molecule has 7 aliphatic rings. The third-order valence-electron chi connectivity index (χ3n) is 22.5. The first-order chi connectivity index (χ1) is 50.6. The molecular formula is C77H91N9O19S2. The van der Waals surface area contributed by atoms with Crippen molar-refractivity contribution in [3.05, 3.63) is 136 Å². The predicted molar refractivity (Wildman–Crippen MR) is 391 cm³/mol. The van der Waals surface area contributed by atoms with Crippen LogP contribution in [0.5, 0.6) is 0 Å². The van der Waals surface area contributed by atoms with Gasteiger partial charge < -0.3 is 50.1 Å². The fourth-order valence-electron chi connectivity index (χ4n) is 18.6. The molecule has 107 heavy (non-hydrogen) atoms. The highest BCUT2D eigenvalue weighted by Crippen LogP contribution is 2.75. The Balaban J connectivity index is 0.716. The van der Waals surface area contributed by atoms with Crippen molar-refractivity contribution in [2.24, 2.45) is 33.5 Å². The van der Waals surface area contributed by atoms with Gasteiger partial charge in [0.1, 0.15) is 30.7 Å². The summed E-state index contributed by atoms with van der Waals surface area (Å²) in [6, 6.07) is 20.6. The van der Waals surface area contributed by atoms with Gasteiger partial charge in [0.25, 0.3) is 27.8 Å². The number of amides is 5. The minimum atomic E-state index is -4.58. The summed E-state index contributed by atoms with van der Waals surface area (Å²) >= 11 is 1.39. The molecule has 30 heteroatoms. The van der Waals surface area contributed by atoms with E-state index < -0.39 is 125 Å². The number of imide groups is 1. The van der Waals surface area contributed by atoms with Gasteiger partial charge in [-0.3, -0.25) is 48.2 Å². The van der Waals surface area contributed by atoms with Gasteiger partial charge in [-0.25, -0.2) is 24.4 Å². The average molecular weight is 1510 g/mol. The highest BCUT2D eigenvalue weighted by molar-refractivity contribution is 7.85. The number of hydrogen-bond donors (Lipinski definition) is 8. The van der Waals surface area contributed by atoms with Crippen LogP contribution in [0.25, 0.3) is 21.3 Å². The van der Waals surface area contributed by atoms with E-state index >= 15 is 0 Å². The number of rotatable bonds is 30. The van der Waals surface area contributed by atoms with E-state index in [0.717, 1.165) is 82.6 Å². The number of hydrogen-bond acceptors (Lipinski definition) is 21. The molecule has 570 valence electrons. The molecule has 13 rings (SSSR count). The number of pyridine rings is 1. The van der Waals surface area contributed by atoms with Gasteiger partial charge in [0, 0.05) is 86.0 Å². The monoisotopic (exact) mass is 1510 g/mol. The molecule has 5 fully saturated rings. The largest absolute Gasteiger partial charge is 0.479 e. The van der Waals surface area contributed by atoms with Crippen LogP contribution < -0.4 is 15.5 Å². The molecule has 4 saturated carbocycles. The predicted octanol–water partition coefficient (Wildman–Crippen LogP) is 7.69. The lowest BCUT2D eigenvalue weighted by Crippen LogP contribution is -2.60. The number of ketones is 2. The Kier molecular flexibility index (Phi) is 22.3. The van der Waals surface area contributed by atoms with Crippen LogP contribution in [0.15, 0.2) is 91.1 Å². The molecule has 3 aromatic carbocycles. The second kappa shape index (κ2) is 30.8. The summed E-state index contributed by atoms with van der Waals surface area (Å²) in [5.41, 5.74) is 5.51. The number of benzene rings is 3. The van der Waals surface area contributed by atoms with E-state index in [1.807, 2.05) is 59.0 Å². The van der Waals surface area contributed by atoms with Gasteiger partial charge in [0.05, 0.1) is 40.9 Å². The van der Waals surface area contributed by atoms with Crippen molar-refractivity contribution >= 4 is 95.8 Å². The van der Waals surface area contributed by atoms with Gasteiger partial charge in [0.15, 0.2) is 28.5 Å². The van der Waals surface area contributed by atoms with Crippen LogP contribution in [-0.4, -0.2) is 190 Å². The number of aliphatic carboxylic acids is 1. The molecule has 6 heterocycles. The molecular weight excluding hydrogens is 1420 g/mol. The summed E-state index contributed by atoms with van der Waals surface area (Å²) in [5.74, 6) is -7.60. The summed E-state index contributed by atoms with van der Waals surface area (Å²) in [6.07, 6.45) is 0.638. The van der Waals surface area contributed by atoms with Crippen LogP contribution in [0.1, 0.15) is 153 Å². The third-order valence-corrected chi connectivity index (χ3v) is 24.1. The Morgan fingerprint density at radius 3 is 2.23 bits per heavy atom. The maximum Gasteiger partial charge on any atom is 0.410 e. The standard InChI is InChI=1S/C77H91N9O19S2/c1-43(2)53(31-50(87)33-85-61(89)21-22-62(85)90)69(95)79-44(3)57(88)30-46-15-16-49(48(29-46)17-19-58-64(91)65(92)66(93)67(105-58)71(98)99)35-104-73(100)83(27-28-107(101,102)103)25-10-24-76-37-74(5)36-75(6,38-76)40-77(39-74,41-76)42-86-45(4)54(32-78-86)51-18-20-60(81-63(51)70(96)97)84-26-23-47-11-9-12-52(55(47)34-84)68(94)82-72-80-56-13-7-8-14-59(56)106-72/h7-9,11-16,18,20-22,29,32,43-44,53,58,64-67,91-93H,10,17,19,23-28,30-31,33-42H2,1-6H3,(H,79,95)(H,96,97)(H,98,99)(H,80,82,94)(H,101,102,103)/t44-,53-,58-,64-,65+,66-,67-,74?,75?,76?,77?/m0/s1. The quantitative estimate of drug-likeness (QED) is 0.0158. The lowest BCUT2D eigenvalue weighted by atomic mass is 9.35. The highest BCUT2D eigenvalue weighted by Gasteiger charge is 2.65. The number of aromatic nitrogens is 4. The number of carbonyl (C=O) groups excluding carboxylic acids is 7. The van der Waals surface area contributed by atoms with Crippen LogP contribution in [0.3, 0.4) is 0 Å². The van der Waals surface area contributed by atoms with Gasteiger partial charge in [0.2, 0.25) is 5.91 Å². The second-order valence-corrected chi connectivity index (χ2v) is 34.1. The van der Waals surface area contributed by atoms with E-state index in [2.05, 4.69) is 29.5 Å². The number of fused-ring (bicyclic) bond motifs is 2. The molecule has 9 atom stereocenters. The number of anilines is 2. The van der Waals surface area contributed by atoms with Crippen LogP contribution in [-0.2, 0) is 87.3 Å². The van der Waals surface area contributed by atoms with Crippen molar-refractivity contribution in [3.8, 4) is 11.1 Å². The summed E-state index contributed by atoms with van der Waals surface area (Å²) < 4.78 is 49.1. The number of nitrogens with one attached hydrogen (secondary N) is 2. The fourth-order valence-corrected chi connectivity index (χ4v) is 19.9. The number of aliphatic hydroxyl groups excluding tert-OH is 3. The normalized spacial score (nSPS) is 25.1. The number of aliphatic hydroxyl groups is 3. The number of nitrogens with zero attached hydrogens (tertiary/aromatic N) is 7. The van der Waals surface area contributed by atoms with Gasteiger partial charge in [-0.2, -0.15) is 13.5 Å². The number of para-hydroxylation sites is 1. The molecule has 1 saturated heterocycles. The Hall–Kier alpha value is -9.17. The van der Waals surface area contributed by atoms with Crippen LogP contribution >= 0.6 is 11.3 Å². The summed E-state index contributed by atoms with van der Waals surface area (Å²) in [6.45, 7) is 11.6. The Bertz CT molecular complexity index is 4600. The van der Waals surface area contributed by atoms with Crippen LogP contribution in [0.4, 0.5) is 15.7 Å². The number of ether oxygens (including phenoxy) is 2. The van der Waals surface area contributed by atoms with Gasteiger partial charge >= 0.3 is 18.0 Å². The molecule has 0 spiro atoms. The van der Waals surface area contributed by atoms with E-state index in [4.69, 9.17) is 19.6 Å². The number of carboxylic acid groups (broad SMARTS) is 2. The van der Waals surface area contributed by atoms with E-state index in [9.17, 15) is 81.7 Å². The molecule has 2 unspecified atom stereocenters. The molecule has 4 aliphatic carbocycles. The topological polar surface area (TPSA) is 405 Å². The third kappa shape index (κ3) is 17.2. The lowest BCUT2D eigenvalue weighted by Gasteiger charge is -2.70. The van der Waals surface area contributed by atoms with Crippen molar-refractivity contribution in [1.29, 1.82) is 0 Å². The first-order valence-corrected chi connectivity index (χ1v) is 38.6. The minimum Gasteiger partial charge on any atom is -0.479 e.